The zero-order valence-corrected chi connectivity index (χ0v) is 18.2. The van der Waals surface area contributed by atoms with Crippen molar-refractivity contribution in [1.82, 2.24) is 14.8 Å². The second-order valence-corrected chi connectivity index (χ2v) is 7.76. The van der Waals surface area contributed by atoms with Gasteiger partial charge >= 0.3 is 0 Å². The van der Waals surface area contributed by atoms with Crippen molar-refractivity contribution in [2.45, 2.75) is 13.2 Å². The van der Waals surface area contributed by atoms with Crippen LogP contribution in [0.5, 0.6) is 5.75 Å². The van der Waals surface area contributed by atoms with Gasteiger partial charge in [0.2, 0.25) is 5.95 Å². The molecule has 10 heteroatoms. The fourth-order valence-corrected chi connectivity index (χ4v) is 3.28. The summed E-state index contributed by atoms with van der Waals surface area (Å²) in [4.78, 5) is 16.5. The third-order valence-corrected chi connectivity index (χ3v) is 4.95. The molecule has 31 heavy (non-hydrogen) atoms. The highest BCUT2D eigenvalue weighted by Crippen LogP contribution is 2.28. The zero-order valence-electron chi connectivity index (χ0n) is 15.9. The van der Waals surface area contributed by atoms with Gasteiger partial charge in [-0.05, 0) is 48.0 Å². The molecule has 0 atom stereocenters. The summed E-state index contributed by atoms with van der Waals surface area (Å²) < 4.78 is 12.7. The standard InChI is InChI=1S/C21H15Cl3N4O3/c22-14-3-1-13(2-4-14)10-28-12-25-21(27-28)26-20(29)19-8-6-16(31-19)11-30-18-7-5-15(23)9-17(18)24/h1-9,12H,10-11H2,(H,26,27,29). The Morgan fingerprint density at radius 1 is 1.03 bits per heavy atom. The number of carbonyl (C=O) groups is 1. The van der Waals surface area contributed by atoms with Gasteiger partial charge in [0.05, 0.1) is 11.6 Å². The summed E-state index contributed by atoms with van der Waals surface area (Å²) in [6.45, 7) is 0.595. The normalized spacial score (nSPS) is 10.8. The van der Waals surface area contributed by atoms with E-state index in [1.165, 1.54) is 6.33 Å². The second-order valence-electron chi connectivity index (χ2n) is 6.48. The van der Waals surface area contributed by atoms with Crippen LogP contribution in [0.15, 0.2) is 65.3 Å². The van der Waals surface area contributed by atoms with Crippen LogP contribution in [0.1, 0.15) is 21.9 Å². The lowest BCUT2D eigenvalue weighted by Gasteiger charge is -2.06. The van der Waals surface area contributed by atoms with E-state index < -0.39 is 5.91 Å². The van der Waals surface area contributed by atoms with E-state index in [0.717, 1.165) is 5.56 Å². The first kappa shape index (κ1) is 21.2. The SMILES string of the molecule is O=C(Nc1ncn(Cc2ccc(Cl)cc2)n1)c1ccc(COc2ccc(Cl)cc2Cl)o1. The molecule has 2 aromatic heterocycles. The van der Waals surface area contributed by atoms with Crippen molar-refractivity contribution in [3.63, 3.8) is 0 Å². The fraction of sp³-hybridized carbons (Fsp3) is 0.0952. The van der Waals surface area contributed by atoms with Crippen LogP contribution in [0.4, 0.5) is 5.95 Å². The zero-order chi connectivity index (χ0) is 21.8. The molecule has 0 fully saturated rings. The Kier molecular flexibility index (Phi) is 6.46. The Labute approximate surface area is 192 Å². The molecule has 7 nitrogen and oxygen atoms in total. The first-order chi connectivity index (χ1) is 15.0. The van der Waals surface area contributed by atoms with Crippen molar-refractivity contribution in [2.75, 3.05) is 5.32 Å². The molecule has 0 unspecified atom stereocenters. The summed E-state index contributed by atoms with van der Waals surface area (Å²) in [6.07, 6.45) is 1.53. The number of amides is 1. The van der Waals surface area contributed by atoms with Crippen LogP contribution >= 0.6 is 34.8 Å². The number of benzene rings is 2. The van der Waals surface area contributed by atoms with Crippen LogP contribution in [0.25, 0.3) is 0 Å². The van der Waals surface area contributed by atoms with Gasteiger partial charge in [-0.2, -0.15) is 0 Å². The summed E-state index contributed by atoms with van der Waals surface area (Å²) in [5.41, 5.74) is 1.00. The van der Waals surface area contributed by atoms with E-state index >= 15 is 0 Å². The summed E-state index contributed by atoms with van der Waals surface area (Å²) in [6, 6.07) is 15.5. The third kappa shape index (κ3) is 5.58. The maximum absolute atomic E-state index is 12.4. The number of ether oxygens (including phenoxy) is 1. The number of carbonyl (C=O) groups excluding carboxylic acids is 1. The molecule has 1 amide bonds. The lowest BCUT2D eigenvalue weighted by atomic mass is 10.2. The van der Waals surface area contributed by atoms with Crippen molar-refractivity contribution in [2.24, 2.45) is 0 Å². The maximum atomic E-state index is 12.4. The molecule has 0 aliphatic rings. The number of anilines is 1. The monoisotopic (exact) mass is 476 g/mol. The van der Waals surface area contributed by atoms with Crippen LogP contribution in [-0.4, -0.2) is 20.7 Å². The van der Waals surface area contributed by atoms with Gasteiger partial charge in [0.1, 0.15) is 24.4 Å². The minimum atomic E-state index is -0.472. The molecule has 0 saturated heterocycles. The quantitative estimate of drug-likeness (QED) is 0.368. The van der Waals surface area contributed by atoms with Crippen LogP contribution in [-0.2, 0) is 13.2 Å². The van der Waals surface area contributed by atoms with Gasteiger partial charge in [-0.1, -0.05) is 46.9 Å². The highest BCUT2D eigenvalue weighted by atomic mass is 35.5. The van der Waals surface area contributed by atoms with Crippen molar-refractivity contribution in [1.29, 1.82) is 0 Å². The largest absolute Gasteiger partial charge is 0.484 e. The lowest BCUT2D eigenvalue weighted by molar-refractivity contribution is 0.0991. The van der Waals surface area contributed by atoms with Gasteiger partial charge in [0.25, 0.3) is 5.91 Å². The van der Waals surface area contributed by atoms with E-state index in [1.807, 2.05) is 12.1 Å². The van der Waals surface area contributed by atoms with E-state index in [0.29, 0.717) is 33.1 Å². The van der Waals surface area contributed by atoms with E-state index in [2.05, 4.69) is 15.4 Å². The Bertz CT molecular complexity index is 1200. The molecule has 0 spiro atoms. The Morgan fingerprint density at radius 3 is 2.58 bits per heavy atom. The molecule has 158 valence electrons. The molecule has 0 radical (unpaired) electrons. The van der Waals surface area contributed by atoms with Crippen molar-refractivity contribution in [3.05, 3.63) is 93.1 Å². The Morgan fingerprint density at radius 2 is 1.81 bits per heavy atom. The van der Waals surface area contributed by atoms with Crippen LogP contribution < -0.4 is 10.1 Å². The second kappa shape index (κ2) is 9.43. The minimum absolute atomic E-state index is 0.0998. The molecule has 0 saturated carbocycles. The summed E-state index contributed by atoms with van der Waals surface area (Å²) in [5, 5.41) is 8.41. The number of hydrogen-bond acceptors (Lipinski definition) is 5. The first-order valence-corrected chi connectivity index (χ1v) is 10.2. The molecular formula is C21H15Cl3N4O3. The molecule has 0 bridgehead atoms. The number of hydrogen-bond donors (Lipinski definition) is 1. The van der Waals surface area contributed by atoms with Gasteiger partial charge in [0, 0.05) is 10.0 Å². The Balaban J connectivity index is 1.33. The number of furan rings is 1. The molecular weight excluding hydrogens is 463 g/mol. The first-order valence-electron chi connectivity index (χ1n) is 9.08. The number of aromatic nitrogens is 3. The fourth-order valence-electron chi connectivity index (χ4n) is 2.69. The van der Waals surface area contributed by atoms with Gasteiger partial charge in [-0.15, -0.1) is 5.10 Å². The van der Waals surface area contributed by atoms with Crippen LogP contribution in [0.3, 0.4) is 0 Å². The predicted octanol–water partition coefficient (Wildman–Crippen LogP) is 5.71. The molecule has 2 aromatic carbocycles. The number of nitrogens with one attached hydrogen (secondary N) is 1. The summed E-state index contributed by atoms with van der Waals surface area (Å²) in [7, 11) is 0. The minimum Gasteiger partial charge on any atom is -0.484 e. The van der Waals surface area contributed by atoms with Gasteiger partial charge < -0.3 is 9.15 Å². The highest BCUT2D eigenvalue weighted by Gasteiger charge is 2.14. The van der Waals surface area contributed by atoms with Gasteiger partial charge in [0.15, 0.2) is 5.76 Å². The number of nitrogens with zero attached hydrogens (tertiary/aromatic N) is 3. The lowest BCUT2D eigenvalue weighted by Crippen LogP contribution is -2.12. The smallest absolute Gasteiger partial charge is 0.293 e. The average molecular weight is 478 g/mol. The van der Waals surface area contributed by atoms with Gasteiger partial charge in [-0.25, -0.2) is 9.67 Å². The van der Waals surface area contributed by atoms with Crippen molar-refractivity contribution in [3.8, 4) is 5.75 Å². The molecule has 0 aliphatic heterocycles. The third-order valence-electron chi connectivity index (χ3n) is 4.17. The van der Waals surface area contributed by atoms with E-state index in [-0.39, 0.29) is 18.3 Å². The molecule has 4 rings (SSSR count). The number of halogens is 3. The van der Waals surface area contributed by atoms with Crippen molar-refractivity contribution < 1.29 is 13.9 Å². The van der Waals surface area contributed by atoms with E-state index in [9.17, 15) is 4.79 Å². The topological polar surface area (TPSA) is 82.2 Å². The highest BCUT2D eigenvalue weighted by molar-refractivity contribution is 6.35. The van der Waals surface area contributed by atoms with E-state index in [4.69, 9.17) is 44.0 Å². The molecule has 2 heterocycles. The predicted molar refractivity (Wildman–Crippen MR) is 118 cm³/mol. The maximum Gasteiger partial charge on any atom is 0.293 e. The van der Waals surface area contributed by atoms with E-state index in [1.54, 1.807) is 47.1 Å². The van der Waals surface area contributed by atoms with Gasteiger partial charge in [-0.3, -0.25) is 10.1 Å². The van der Waals surface area contributed by atoms with Crippen LogP contribution in [0, 0.1) is 0 Å². The molecule has 0 aliphatic carbocycles. The average Bonchev–Trinajstić information content (AvgIpc) is 3.39. The molecule has 1 N–H and O–H groups in total. The van der Waals surface area contributed by atoms with Crippen molar-refractivity contribution >= 4 is 46.7 Å². The summed E-state index contributed by atoms with van der Waals surface area (Å²) >= 11 is 17.8. The molecule has 4 aromatic rings. The summed E-state index contributed by atoms with van der Waals surface area (Å²) in [5.74, 6) is 0.720. The number of rotatable bonds is 7. The Hall–Kier alpha value is -3.00. The van der Waals surface area contributed by atoms with Crippen LogP contribution in [0.2, 0.25) is 15.1 Å².